The lowest BCUT2D eigenvalue weighted by molar-refractivity contribution is 0.296. The lowest BCUT2D eigenvalue weighted by Gasteiger charge is -2.05. The summed E-state index contributed by atoms with van der Waals surface area (Å²) in [6, 6.07) is 15.5. The molecule has 0 atom stereocenters. The first-order chi connectivity index (χ1) is 9.81. The Hall–Kier alpha value is -2.40. The van der Waals surface area contributed by atoms with Crippen LogP contribution in [0.15, 0.2) is 48.5 Å². The van der Waals surface area contributed by atoms with Crippen molar-refractivity contribution in [1.82, 2.24) is 20.6 Å². The molecule has 1 aromatic heterocycles. The van der Waals surface area contributed by atoms with Crippen LogP contribution in [0.3, 0.4) is 0 Å². The number of hydrogen-bond donors (Lipinski definition) is 1. The molecule has 0 saturated heterocycles. The van der Waals surface area contributed by atoms with Gasteiger partial charge in [-0.15, -0.1) is 10.2 Å². The van der Waals surface area contributed by atoms with Crippen LogP contribution in [-0.2, 0) is 6.61 Å². The van der Waals surface area contributed by atoms with Crippen LogP contribution in [0.5, 0.6) is 5.75 Å². The predicted molar refractivity (Wildman–Crippen MR) is 75.4 cm³/mol. The number of rotatable bonds is 4. The highest BCUT2D eigenvalue weighted by molar-refractivity contribution is 6.30. The second-order valence-electron chi connectivity index (χ2n) is 4.15. The first-order valence-corrected chi connectivity index (χ1v) is 6.40. The highest BCUT2D eigenvalue weighted by Crippen LogP contribution is 2.24. The van der Waals surface area contributed by atoms with Crippen molar-refractivity contribution < 1.29 is 4.74 Å². The van der Waals surface area contributed by atoms with Gasteiger partial charge in [0.05, 0.1) is 0 Å². The lowest BCUT2D eigenvalue weighted by atomic mass is 10.1. The summed E-state index contributed by atoms with van der Waals surface area (Å²) < 4.78 is 5.55. The Balaban J connectivity index is 1.69. The van der Waals surface area contributed by atoms with Crippen molar-refractivity contribution in [3.8, 4) is 16.9 Å². The van der Waals surface area contributed by atoms with Crippen molar-refractivity contribution in [2.24, 2.45) is 0 Å². The molecule has 2 aromatic carbocycles. The molecular formula is C14H11ClN4O. The first kappa shape index (κ1) is 12.6. The molecule has 0 bridgehead atoms. The molecule has 0 fully saturated rings. The second-order valence-corrected chi connectivity index (χ2v) is 4.58. The van der Waals surface area contributed by atoms with Crippen LogP contribution >= 0.6 is 11.6 Å². The molecular weight excluding hydrogens is 276 g/mol. The SMILES string of the molecule is Clc1ccc(-c2ccc(OCc3nn[nH]n3)cc2)cc1. The molecule has 0 unspecified atom stereocenters. The molecule has 0 saturated carbocycles. The van der Waals surface area contributed by atoms with E-state index in [9.17, 15) is 0 Å². The third-order valence-corrected chi connectivity index (χ3v) is 3.04. The molecule has 6 heteroatoms. The van der Waals surface area contributed by atoms with Gasteiger partial charge in [-0.25, -0.2) is 0 Å². The van der Waals surface area contributed by atoms with Crippen LogP contribution in [0.4, 0.5) is 0 Å². The van der Waals surface area contributed by atoms with Gasteiger partial charge < -0.3 is 4.74 Å². The molecule has 0 radical (unpaired) electrons. The highest BCUT2D eigenvalue weighted by Gasteiger charge is 2.01. The zero-order chi connectivity index (χ0) is 13.8. The summed E-state index contributed by atoms with van der Waals surface area (Å²) >= 11 is 5.87. The van der Waals surface area contributed by atoms with E-state index >= 15 is 0 Å². The Labute approximate surface area is 120 Å². The lowest BCUT2D eigenvalue weighted by Crippen LogP contribution is -1.97. The smallest absolute Gasteiger partial charge is 0.211 e. The molecule has 5 nitrogen and oxygen atoms in total. The van der Waals surface area contributed by atoms with Crippen LogP contribution in [0.1, 0.15) is 5.82 Å². The summed E-state index contributed by atoms with van der Waals surface area (Å²) in [5.41, 5.74) is 2.22. The number of tetrazole rings is 1. The number of aromatic amines is 1. The summed E-state index contributed by atoms with van der Waals surface area (Å²) in [4.78, 5) is 0. The number of ether oxygens (including phenoxy) is 1. The minimum Gasteiger partial charge on any atom is -0.485 e. The molecule has 0 aliphatic heterocycles. The molecule has 0 aliphatic carbocycles. The van der Waals surface area contributed by atoms with Crippen LogP contribution in [-0.4, -0.2) is 20.6 Å². The summed E-state index contributed by atoms with van der Waals surface area (Å²) in [5, 5.41) is 14.2. The summed E-state index contributed by atoms with van der Waals surface area (Å²) in [6.45, 7) is 0.288. The van der Waals surface area contributed by atoms with Crippen molar-refractivity contribution in [2.45, 2.75) is 6.61 Å². The summed E-state index contributed by atoms with van der Waals surface area (Å²) in [5.74, 6) is 1.28. The van der Waals surface area contributed by atoms with E-state index in [4.69, 9.17) is 16.3 Å². The van der Waals surface area contributed by atoms with E-state index in [1.54, 1.807) is 0 Å². The van der Waals surface area contributed by atoms with E-state index in [0.29, 0.717) is 5.82 Å². The number of halogens is 1. The number of benzene rings is 2. The predicted octanol–water partition coefficient (Wildman–Crippen LogP) is 3.10. The average molecular weight is 287 g/mol. The highest BCUT2D eigenvalue weighted by atomic mass is 35.5. The van der Waals surface area contributed by atoms with E-state index in [1.165, 1.54) is 0 Å². The Bertz CT molecular complexity index is 665. The zero-order valence-electron chi connectivity index (χ0n) is 10.5. The van der Waals surface area contributed by atoms with Gasteiger partial charge in [-0.2, -0.15) is 5.21 Å². The van der Waals surface area contributed by atoms with Gasteiger partial charge in [0, 0.05) is 5.02 Å². The fraction of sp³-hybridized carbons (Fsp3) is 0.0714. The molecule has 0 aliphatic rings. The molecule has 3 aromatic rings. The van der Waals surface area contributed by atoms with Gasteiger partial charge in [0.25, 0.3) is 0 Å². The molecule has 20 heavy (non-hydrogen) atoms. The largest absolute Gasteiger partial charge is 0.485 e. The summed E-state index contributed by atoms with van der Waals surface area (Å²) in [6.07, 6.45) is 0. The van der Waals surface area contributed by atoms with Crippen LogP contribution < -0.4 is 4.74 Å². The Morgan fingerprint density at radius 3 is 2.20 bits per heavy atom. The topological polar surface area (TPSA) is 63.7 Å². The molecule has 0 amide bonds. The van der Waals surface area contributed by atoms with E-state index in [2.05, 4.69) is 20.6 Å². The third-order valence-electron chi connectivity index (χ3n) is 2.79. The molecule has 100 valence electrons. The molecule has 0 spiro atoms. The van der Waals surface area contributed by atoms with E-state index in [-0.39, 0.29) is 6.61 Å². The molecule has 1 N–H and O–H groups in total. The van der Waals surface area contributed by atoms with Crippen molar-refractivity contribution in [3.05, 3.63) is 59.4 Å². The van der Waals surface area contributed by atoms with Crippen molar-refractivity contribution in [2.75, 3.05) is 0 Å². The number of nitrogens with one attached hydrogen (secondary N) is 1. The fourth-order valence-electron chi connectivity index (χ4n) is 1.78. The number of H-pyrrole nitrogens is 1. The van der Waals surface area contributed by atoms with Gasteiger partial charge in [0.2, 0.25) is 5.82 Å². The van der Waals surface area contributed by atoms with Crippen molar-refractivity contribution >= 4 is 11.6 Å². The normalized spacial score (nSPS) is 10.4. The average Bonchev–Trinajstić information content (AvgIpc) is 3.00. The van der Waals surface area contributed by atoms with Gasteiger partial charge in [-0.3, -0.25) is 0 Å². The number of nitrogens with zero attached hydrogens (tertiary/aromatic N) is 3. The fourth-order valence-corrected chi connectivity index (χ4v) is 1.90. The van der Waals surface area contributed by atoms with E-state index in [1.807, 2.05) is 48.5 Å². The van der Waals surface area contributed by atoms with E-state index < -0.39 is 0 Å². The Kier molecular flexibility index (Phi) is 3.60. The minimum absolute atomic E-state index is 0.288. The van der Waals surface area contributed by atoms with Crippen molar-refractivity contribution in [3.63, 3.8) is 0 Å². The van der Waals surface area contributed by atoms with Crippen LogP contribution in [0, 0.1) is 0 Å². The Morgan fingerprint density at radius 1 is 0.950 bits per heavy atom. The summed E-state index contributed by atoms with van der Waals surface area (Å²) in [7, 11) is 0. The second kappa shape index (κ2) is 5.71. The van der Waals surface area contributed by atoms with Crippen molar-refractivity contribution in [1.29, 1.82) is 0 Å². The molecule has 3 rings (SSSR count). The number of hydrogen-bond acceptors (Lipinski definition) is 4. The van der Waals surface area contributed by atoms with Gasteiger partial charge in [-0.05, 0) is 35.4 Å². The standard InChI is InChI=1S/C14H11ClN4O/c15-12-5-1-10(2-6-12)11-3-7-13(8-4-11)20-9-14-16-18-19-17-14/h1-8H,9H2,(H,16,17,18,19). The van der Waals surface area contributed by atoms with Gasteiger partial charge in [-0.1, -0.05) is 41.1 Å². The van der Waals surface area contributed by atoms with Crippen LogP contribution in [0.25, 0.3) is 11.1 Å². The monoisotopic (exact) mass is 286 g/mol. The molecule has 1 heterocycles. The van der Waals surface area contributed by atoms with Gasteiger partial charge in [0.1, 0.15) is 5.75 Å². The van der Waals surface area contributed by atoms with Crippen LogP contribution in [0.2, 0.25) is 5.02 Å². The van der Waals surface area contributed by atoms with E-state index in [0.717, 1.165) is 21.9 Å². The van der Waals surface area contributed by atoms with Gasteiger partial charge >= 0.3 is 0 Å². The maximum atomic E-state index is 5.87. The minimum atomic E-state index is 0.288. The third kappa shape index (κ3) is 2.95. The quantitative estimate of drug-likeness (QED) is 0.800. The van der Waals surface area contributed by atoms with Gasteiger partial charge in [0.15, 0.2) is 6.61 Å². The number of aromatic nitrogens is 4. The Morgan fingerprint density at radius 2 is 1.60 bits per heavy atom. The maximum Gasteiger partial charge on any atom is 0.211 e. The first-order valence-electron chi connectivity index (χ1n) is 6.02. The zero-order valence-corrected chi connectivity index (χ0v) is 11.2. The maximum absolute atomic E-state index is 5.87.